The van der Waals surface area contributed by atoms with E-state index in [-0.39, 0.29) is 34.7 Å². The highest BCUT2D eigenvalue weighted by Crippen LogP contribution is 2.36. The van der Waals surface area contributed by atoms with E-state index in [1.54, 1.807) is 24.3 Å². The third-order valence-electron chi connectivity index (χ3n) is 4.29. The zero-order valence-corrected chi connectivity index (χ0v) is 12.6. The fourth-order valence-electron chi connectivity index (χ4n) is 3.09. The summed E-state index contributed by atoms with van der Waals surface area (Å²) in [7, 11) is 0. The van der Waals surface area contributed by atoms with Crippen molar-refractivity contribution in [3.05, 3.63) is 58.7 Å². The van der Waals surface area contributed by atoms with Gasteiger partial charge in [0.2, 0.25) is 0 Å². The lowest BCUT2D eigenvalue weighted by atomic mass is 9.78. The molecule has 114 valence electrons. The lowest BCUT2D eigenvalue weighted by molar-refractivity contribution is -0.119. The summed E-state index contributed by atoms with van der Waals surface area (Å²) in [5.74, 6) is -0.633. The summed E-state index contributed by atoms with van der Waals surface area (Å²) in [6.45, 7) is 3.42. The molecule has 2 N–H and O–H groups in total. The van der Waals surface area contributed by atoms with E-state index in [1.165, 1.54) is 6.92 Å². The first kappa shape index (κ1) is 16.0. The van der Waals surface area contributed by atoms with E-state index in [4.69, 9.17) is 0 Å². The molecule has 0 aromatic heterocycles. The second-order valence-corrected chi connectivity index (χ2v) is 5.69. The van der Waals surface area contributed by atoms with Crippen LogP contribution in [0.3, 0.4) is 0 Å². The van der Waals surface area contributed by atoms with Gasteiger partial charge in [-0.2, -0.15) is 0 Å². The Kier molecular flexibility index (Phi) is 4.24. The Morgan fingerprint density at radius 1 is 1.05 bits per heavy atom. The summed E-state index contributed by atoms with van der Waals surface area (Å²) < 4.78 is 0. The van der Waals surface area contributed by atoms with Crippen LogP contribution in [0.5, 0.6) is 0 Å². The van der Waals surface area contributed by atoms with Crippen molar-refractivity contribution in [1.29, 1.82) is 0 Å². The third kappa shape index (κ3) is 2.35. The van der Waals surface area contributed by atoms with Gasteiger partial charge in [-0.3, -0.25) is 14.4 Å². The number of rotatable bonds is 1. The lowest BCUT2D eigenvalue weighted by Gasteiger charge is -2.23. The number of ketones is 3. The van der Waals surface area contributed by atoms with Crippen molar-refractivity contribution in [3.8, 4) is 0 Å². The Bertz CT molecular complexity index is 724. The molecule has 0 bridgehead atoms. The topological polar surface area (TPSA) is 82.7 Å². The molecule has 4 nitrogen and oxygen atoms in total. The molecule has 0 radical (unpaired) electrons. The van der Waals surface area contributed by atoms with Crippen LogP contribution in [0.15, 0.2) is 47.6 Å². The quantitative estimate of drug-likeness (QED) is 0.746. The number of hydrogen-bond donors (Lipinski definition) is 0. The smallest absolute Gasteiger partial charge is 0.190 e. The molecule has 0 aliphatic heterocycles. The lowest BCUT2D eigenvalue weighted by Crippen LogP contribution is -2.25. The second kappa shape index (κ2) is 5.81. The van der Waals surface area contributed by atoms with Crippen LogP contribution in [0.2, 0.25) is 0 Å². The largest absolute Gasteiger partial charge is 0.412 e. The van der Waals surface area contributed by atoms with E-state index >= 15 is 0 Å². The predicted molar refractivity (Wildman–Crippen MR) is 82.8 cm³/mol. The van der Waals surface area contributed by atoms with Crippen LogP contribution in [-0.4, -0.2) is 22.8 Å². The highest BCUT2D eigenvalue weighted by atomic mass is 16.1. The van der Waals surface area contributed by atoms with Crippen molar-refractivity contribution in [1.82, 2.24) is 0 Å². The van der Waals surface area contributed by atoms with Crippen molar-refractivity contribution in [2.24, 2.45) is 11.8 Å². The molecule has 3 rings (SSSR count). The van der Waals surface area contributed by atoms with Crippen LogP contribution >= 0.6 is 0 Å². The fourth-order valence-corrected chi connectivity index (χ4v) is 3.09. The Morgan fingerprint density at radius 3 is 2.23 bits per heavy atom. The van der Waals surface area contributed by atoms with Gasteiger partial charge in [-0.25, -0.2) is 0 Å². The Balaban J connectivity index is 0.00000176. The van der Waals surface area contributed by atoms with E-state index in [0.717, 1.165) is 0 Å². The zero-order valence-electron chi connectivity index (χ0n) is 12.6. The molecule has 1 aromatic carbocycles. The van der Waals surface area contributed by atoms with E-state index in [1.807, 2.05) is 19.1 Å². The zero-order chi connectivity index (χ0) is 15.1. The van der Waals surface area contributed by atoms with Gasteiger partial charge in [-0.15, -0.1) is 0 Å². The minimum absolute atomic E-state index is 0. The third-order valence-corrected chi connectivity index (χ3v) is 4.29. The molecule has 0 amide bonds. The normalized spacial score (nSPS) is 23.4. The standard InChI is InChI=1S/C18H16O3.H2O/c1-10-7-8-12(11(2)19)9-15-16(10)18(21)14-6-4-3-5-13(14)17(15)20;/h3-8,10,12H,9H2,1-2H3;1H2/t10?,12-;/m0./s1. The first-order chi connectivity index (χ1) is 10.0. The summed E-state index contributed by atoms with van der Waals surface area (Å²) in [4.78, 5) is 37.1. The molecule has 1 unspecified atom stereocenters. The summed E-state index contributed by atoms with van der Waals surface area (Å²) in [6, 6.07) is 6.91. The van der Waals surface area contributed by atoms with Crippen LogP contribution in [0.25, 0.3) is 0 Å². The molecular formula is C18H18O4. The minimum Gasteiger partial charge on any atom is -0.412 e. The van der Waals surface area contributed by atoms with Crippen LogP contribution in [-0.2, 0) is 4.79 Å². The molecule has 0 saturated carbocycles. The van der Waals surface area contributed by atoms with Crippen molar-refractivity contribution in [2.75, 3.05) is 0 Å². The number of fused-ring (bicyclic) bond motifs is 1. The Morgan fingerprint density at radius 2 is 1.64 bits per heavy atom. The highest BCUT2D eigenvalue weighted by molar-refractivity contribution is 6.27. The average Bonchev–Trinajstić information content (AvgIpc) is 2.64. The SMILES string of the molecule is CC(=O)[C@H]1C=CC(C)C2=C(C1)C(=O)c1ccccc1C2=O.O. The van der Waals surface area contributed by atoms with E-state index in [9.17, 15) is 14.4 Å². The monoisotopic (exact) mass is 298 g/mol. The molecule has 0 fully saturated rings. The van der Waals surface area contributed by atoms with Crippen LogP contribution in [0.4, 0.5) is 0 Å². The maximum Gasteiger partial charge on any atom is 0.190 e. The van der Waals surface area contributed by atoms with Gasteiger partial charge < -0.3 is 5.48 Å². The van der Waals surface area contributed by atoms with Gasteiger partial charge >= 0.3 is 0 Å². The van der Waals surface area contributed by atoms with Crippen molar-refractivity contribution in [2.45, 2.75) is 20.3 Å². The predicted octanol–water partition coefficient (Wildman–Crippen LogP) is 2.34. The van der Waals surface area contributed by atoms with Gasteiger partial charge in [0, 0.05) is 34.1 Å². The first-order valence-corrected chi connectivity index (χ1v) is 7.11. The summed E-state index contributed by atoms with van der Waals surface area (Å²) in [6.07, 6.45) is 4.02. The number of benzene rings is 1. The molecule has 2 aliphatic rings. The molecular weight excluding hydrogens is 280 g/mol. The molecule has 2 atom stereocenters. The number of hydrogen-bond acceptors (Lipinski definition) is 3. The Labute approximate surface area is 128 Å². The molecule has 0 spiro atoms. The van der Waals surface area contributed by atoms with Gasteiger partial charge in [-0.05, 0) is 13.3 Å². The summed E-state index contributed by atoms with van der Waals surface area (Å²) >= 11 is 0. The van der Waals surface area contributed by atoms with Gasteiger partial charge in [0.15, 0.2) is 11.6 Å². The van der Waals surface area contributed by atoms with Crippen LogP contribution in [0, 0.1) is 11.8 Å². The van der Waals surface area contributed by atoms with Gasteiger partial charge in [0.05, 0.1) is 0 Å². The summed E-state index contributed by atoms with van der Waals surface area (Å²) in [5.41, 5.74) is 2.00. The molecule has 22 heavy (non-hydrogen) atoms. The molecule has 2 aliphatic carbocycles. The number of carbonyl (C=O) groups is 3. The molecule has 0 heterocycles. The minimum atomic E-state index is -0.318. The number of Topliss-reactive ketones (excluding diaryl/α,β-unsaturated/α-hetero) is 3. The maximum absolute atomic E-state index is 12.7. The maximum atomic E-state index is 12.7. The van der Waals surface area contributed by atoms with E-state index in [2.05, 4.69) is 0 Å². The van der Waals surface area contributed by atoms with Gasteiger partial charge in [-0.1, -0.05) is 43.3 Å². The van der Waals surface area contributed by atoms with Gasteiger partial charge in [0.1, 0.15) is 5.78 Å². The second-order valence-electron chi connectivity index (χ2n) is 5.69. The van der Waals surface area contributed by atoms with Crippen LogP contribution < -0.4 is 0 Å². The highest BCUT2D eigenvalue weighted by Gasteiger charge is 2.36. The van der Waals surface area contributed by atoms with E-state index < -0.39 is 0 Å². The van der Waals surface area contributed by atoms with Crippen molar-refractivity contribution in [3.63, 3.8) is 0 Å². The van der Waals surface area contributed by atoms with E-state index in [0.29, 0.717) is 28.7 Å². The van der Waals surface area contributed by atoms with Gasteiger partial charge in [0.25, 0.3) is 0 Å². The first-order valence-electron chi connectivity index (χ1n) is 7.11. The molecule has 4 heteroatoms. The molecule has 1 aromatic rings. The molecule has 0 saturated heterocycles. The van der Waals surface area contributed by atoms with Crippen molar-refractivity contribution >= 4 is 17.3 Å². The van der Waals surface area contributed by atoms with Crippen molar-refractivity contribution < 1.29 is 19.9 Å². The average molecular weight is 298 g/mol. The number of allylic oxidation sites excluding steroid dienone is 4. The van der Waals surface area contributed by atoms with Crippen LogP contribution in [0.1, 0.15) is 41.0 Å². The summed E-state index contributed by atoms with van der Waals surface area (Å²) in [5, 5.41) is 0. The number of carbonyl (C=O) groups excluding carboxylic acids is 3. The fraction of sp³-hybridized carbons (Fsp3) is 0.278. The Hall–Kier alpha value is -2.33.